The molecule has 0 aromatic rings. The van der Waals surface area contributed by atoms with Gasteiger partial charge in [0.05, 0.1) is 36.4 Å². The van der Waals surface area contributed by atoms with Gasteiger partial charge in [-0.2, -0.15) is 0 Å². The van der Waals surface area contributed by atoms with Crippen LogP contribution >= 0.6 is 0 Å². The second kappa shape index (κ2) is 19.7. The van der Waals surface area contributed by atoms with E-state index in [1.54, 1.807) is 49.1 Å². The molecule has 12 nitrogen and oxygen atoms in total. The van der Waals surface area contributed by atoms with E-state index < -0.39 is 53.6 Å². The Morgan fingerprint density at radius 1 is 0.980 bits per heavy atom. The molecule has 10 atom stereocenters. The maximum Gasteiger partial charge on any atom is 0.410 e. The first-order valence-corrected chi connectivity index (χ1v) is 18.9. The Morgan fingerprint density at radius 2 is 1.63 bits per heavy atom. The number of rotatable bonds is 18. The maximum atomic E-state index is 13.3. The average Bonchev–Trinajstić information content (AvgIpc) is 3.85. The standard InChI is InChI=1S/C39H66N2O10/c1-9-31(43)29(6)36-32(49-36)25-38(7,46)17-11-12-26(3)35(51-34(44)24-28(5)42)27(4)13-14-33(39(8,47)10-2)50-37(45)41-20-18-40(19-21-41)30-15-22-48-23-16-30/h11-14,17,27-33,35-36,42-43,46-47H,9-10,15-16,18-25H2,1-8H3/b14-13+,17-11+,26-12+. The van der Waals surface area contributed by atoms with Gasteiger partial charge in [-0.3, -0.25) is 9.69 Å². The molecule has 3 aliphatic rings. The summed E-state index contributed by atoms with van der Waals surface area (Å²) in [5.74, 6) is -0.990. The van der Waals surface area contributed by atoms with Crippen LogP contribution in [0.4, 0.5) is 4.79 Å². The number of allylic oxidation sites excluding steroid dienone is 2. The number of epoxide rings is 1. The quantitative estimate of drug-likeness (QED) is 0.0697. The first-order chi connectivity index (χ1) is 24.0. The molecule has 3 rings (SSSR count). The molecule has 51 heavy (non-hydrogen) atoms. The van der Waals surface area contributed by atoms with Crippen LogP contribution < -0.4 is 0 Å². The summed E-state index contributed by atoms with van der Waals surface area (Å²) in [5, 5.41) is 42.3. The van der Waals surface area contributed by atoms with Crippen molar-refractivity contribution in [3.8, 4) is 0 Å². The van der Waals surface area contributed by atoms with Crippen LogP contribution in [-0.2, 0) is 23.7 Å². The minimum Gasteiger partial charge on any atom is -0.457 e. The van der Waals surface area contributed by atoms with Gasteiger partial charge in [-0.05, 0) is 65.0 Å². The van der Waals surface area contributed by atoms with Crippen LogP contribution in [0.25, 0.3) is 0 Å². The van der Waals surface area contributed by atoms with Crippen molar-refractivity contribution in [3.05, 3.63) is 36.0 Å². The van der Waals surface area contributed by atoms with Crippen molar-refractivity contribution < 1.29 is 49.0 Å². The Morgan fingerprint density at radius 3 is 2.22 bits per heavy atom. The lowest BCUT2D eigenvalue weighted by Crippen LogP contribution is -2.54. The number of piperazine rings is 1. The monoisotopic (exact) mass is 722 g/mol. The van der Waals surface area contributed by atoms with Crippen LogP contribution in [0.2, 0.25) is 0 Å². The van der Waals surface area contributed by atoms with E-state index >= 15 is 0 Å². The van der Waals surface area contributed by atoms with Gasteiger partial charge in [0.25, 0.3) is 0 Å². The summed E-state index contributed by atoms with van der Waals surface area (Å²) in [6, 6.07) is 0.471. The van der Waals surface area contributed by atoms with E-state index in [1.165, 1.54) is 6.92 Å². The zero-order valence-electron chi connectivity index (χ0n) is 32.2. The number of carbonyl (C=O) groups excluding carboxylic acids is 2. The Kier molecular flexibility index (Phi) is 16.6. The molecule has 292 valence electrons. The molecule has 3 aliphatic heterocycles. The topological polar surface area (TPSA) is 162 Å². The predicted octanol–water partition coefficient (Wildman–Crippen LogP) is 4.14. The smallest absolute Gasteiger partial charge is 0.410 e. The summed E-state index contributed by atoms with van der Waals surface area (Å²) >= 11 is 0. The number of aliphatic hydroxyl groups excluding tert-OH is 2. The lowest BCUT2D eigenvalue weighted by molar-refractivity contribution is -0.150. The Labute approximate surface area is 305 Å². The van der Waals surface area contributed by atoms with Gasteiger partial charge in [-0.1, -0.05) is 52.0 Å². The maximum absolute atomic E-state index is 13.3. The van der Waals surface area contributed by atoms with Crippen molar-refractivity contribution in [2.24, 2.45) is 11.8 Å². The van der Waals surface area contributed by atoms with Crippen LogP contribution in [0.5, 0.6) is 0 Å². The minimum atomic E-state index is -1.34. The van der Waals surface area contributed by atoms with Gasteiger partial charge in [0.15, 0.2) is 6.10 Å². The molecule has 12 heteroatoms. The van der Waals surface area contributed by atoms with Crippen LogP contribution in [-0.4, -0.2) is 136 Å². The highest BCUT2D eigenvalue weighted by Gasteiger charge is 2.47. The van der Waals surface area contributed by atoms with Crippen LogP contribution in [0.1, 0.15) is 93.9 Å². The summed E-state index contributed by atoms with van der Waals surface area (Å²) in [5.41, 5.74) is -1.82. The predicted molar refractivity (Wildman–Crippen MR) is 195 cm³/mol. The molecule has 10 unspecified atom stereocenters. The molecule has 3 heterocycles. The molecular weight excluding hydrogens is 656 g/mol. The number of hydrogen-bond donors (Lipinski definition) is 4. The minimum absolute atomic E-state index is 0.0179. The van der Waals surface area contributed by atoms with Crippen LogP contribution in [0, 0.1) is 11.8 Å². The van der Waals surface area contributed by atoms with Gasteiger partial charge in [0.1, 0.15) is 11.7 Å². The highest BCUT2D eigenvalue weighted by molar-refractivity contribution is 5.70. The largest absolute Gasteiger partial charge is 0.457 e. The van der Waals surface area contributed by atoms with Crippen LogP contribution in [0.15, 0.2) is 36.0 Å². The zero-order valence-corrected chi connectivity index (χ0v) is 32.2. The van der Waals surface area contributed by atoms with Gasteiger partial charge in [0, 0.05) is 63.7 Å². The SMILES string of the molecule is CCC(O)C(C)C1OC1CC(C)(O)/C=C/C=C(\C)C(OC(=O)CC(C)O)C(C)/C=C/C(OC(=O)N1CCN(C2CCOCC2)CC1)C(C)(O)CC. The highest BCUT2D eigenvalue weighted by atomic mass is 16.6. The number of aliphatic hydroxyl groups is 4. The van der Waals surface area contributed by atoms with E-state index in [-0.39, 0.29) is 24.5 Å². The lowest BCUT2D eigenvalue weighted by atomic mass is 9.91. The first kappa shape index (κ1) is 43.1. The number of esters is 1. The summed E-state index contributed by atoms with van der Waals surface area (Å²) in [4.78, 5) is 30.2. The van der Waals surface area contributed by atoms with E-state index in [2.05, 4.69) is 4.90 Å². The summed E-state index contributed by atoms with van der Waals surface area (Å²) in [6.07, 6.45) is 8.04. The summed E-state index contributed by atoms with van der Waals surface area (Å²) in [7, 11) is 0. The molecule has 0 aromatic carbocycles. The Hall–Kier alpha value is -2.32. The van der Waals surface area contributed by atoms with Crippen LogP contribution in [0.3, 0.4) is 0 Å². The molecule has 0 radical (unpaired) electrons. The second-order valence-electron chi connectivity index (χ2n) is 15.4. The number of hydrogen-bond acceptors (Lipinski definition) is 11. The van der Waals surface area contributed by atoms with Crippen molar-refractivity contribution in [3.63, 3.8) is 0 Å². The van der Waals surface area contributed by atoms with E-state index in [9.17, 15) is 30.0 Å². The number of amides is 1. The molecule has 0 aromatic heterocycles. The Bertz CT molecular complexity index is 1190. The van der Waals surface area contributed by atoms with Crippen molar-refractivity contribution in [2.75, 3.05) is 39.4 Å². The van der Waals surface area contributed by atoms with Crippen molar-refractivity contribution in [1.82, 2.24) is 9.80 Å². The van der Waals surface area contributed by atoms with Gasteiger partial charge >= 0.3 is 12.1 Å². The van der Waals surface area contributed by atoms with Gasteiger partial charge in [-0.15, -0.1) is 0 Å². The fourth-order valence-electron chi connectivity index (χ4n) is 6.85. The fraction of sp³-hybridized carbons (Fsp3) is 0.795. The second-order valence-corrected chi connectivity index (χ2v) is 15.4. The van der Waals surface area contributed by atoms with Gasteiger partial charge in [-0.25, -0.2) is 4.79 Å². The van der Waals surface area contributed by atoms with Crippen molar-refractivity contribution >= 4 is 12.1 Å². The summed E-state index contributed by atoms with van der Waals surface area (Å²) in [6.45, 7) is 18.4. The molecule has 0 spiro atoms. The Balaban J connectivity index is 1.69. The molecule has 0 saturated carbocycles. The third-order valence-electron chi connectivity index (χ3n) is 10.7. The molecule has 4 N–H and O–H groups in total. The molecule has 3 fully saturated rings. The normalized spacial score (nSPS) is 26.9. The van der Waals surface area contributed by atoms with Crippen molar-refractivity contribution in [2.45, 2.75) is 148 Å². The fourth-order valence-corrected chi connectivity index (χ4v) is 6.85. The van der Waals surface area contributed by atoms with E-state index in [4.69, 9.17) is 18.9 Å². The van der Waals surface area contributed by atoms with E-state index in [0.29, 0.717) is 44.0 Å². The molecule has 3 saturated heterocycles. The van der Waals surface area contributed by atoms with E-state index in [0.717, 1.165) is 39.1 Å². The number of carbonyl (C=O) groups is 2. The third kappa shape index (κ3) is 13.6. The first-order valence-electron chi connectivity index (χ1n) is 18.9. The molecular formula is C39H66N2O10. The number of ether oxygens (including phenoxy) is 4. The zero-order chi connectivity index (χ0) is 37.9. The average molecular weight is 723 g/mol. The molecule has 0 bridgehead atoms. The lowest BCUT2D eigenvalue weighted by Gasteiger charge is -2.41. The van der Waals surface area contributed by atoms with Gasteiger partial charge < -0.3 is 44.3 Å². The third-order valence-corrected chi connectivity index (χ3v) is 10.7. The molecule has 1 amide bonds. The number of nitrogens with zero attached hydrogens (tertiary/aromatic N) is 2. The van der Waals surface area contributed by atoms with Crippen molar-refractivity contribution in [1.29, 1.82) is 0 Å². The van der Waals surface area contributed by atoms with Gasteiger partial charge in [0.2, 0.25) is 0 Å². The highest BCUT2D eigenvalue weighted by Crippen LogP contribution is 2.37. The molecule has 0 aliphatic carbocycles. The summed E-state index contributed by atoms with van der Waals surface area (Å²) < 4.78 is 23.0. The van der Waals surface area contributed by atoms with E-state index in [1.807, 2.05) is 34.6 Å².